The van der Waals surface area contributed by atoms with Crippen LogP contribution in [0.25, 0.3) is 33.5 Å². The number of imidazole rings is 1. The normalized spacial score (nSPS) is 17.7. The Bertz CT molecular complexity index is 1760. The van der Waals surface area contributed by atoms with Gasteiger partial charge >= 0.3 is 16.2 Å². The first-order valence-electron chi connectivity index (χ1n) is 16.0. The Balaban J connectivity index is 1.28. The molecule has 1 aliphatic rings. The first-order chi connectivity index (χ1) is 22.6. The van der Waals surface area contributed by atoms with E-state index in [4.69, 9.17) is 48.9 Å². The molecule has 2 atom stereocenters. The van der Waals surface area contributed by atoms with Crippen molar-refractivity contribution in [3.05, 3.63) is 59.6 Å². The Morgan fingerprint density at radius 3 is 2.02 bits per heavy atom. The van der Waals surface area contributed by atoms with Crippen molar-refractivity contribution in [2.75, 3.05) is 34.5 Å². The van der Waals surface area contributed by atoms with Gasteiger partial charge in [0.1, 0.15) is 6.10 Å². The van der Waals surface area contributed by atoms with Crippen molar-refractivity contribution in [1.82, 2.24) is 14.5 Å². The number of benzene rings is 2. The fourth-order valence-electron chi connectivity index (χ4n) is 6.78. The van der Waals surface area contributed by atoms with Crippen molar-refractivity contribution in [3.8, 4) is 28.4 Å². The van der Waals surface area contributed by atoms with Crippen LogP contribution < -0.4 is 10.0 Å². The molecule has 5 rings (SSSR count). The number of pyridine rings is 1. The van der Waals surface area contributed by atoms with Crippen LogP contribution >= 0.6 is 19.2 Å². The first-order valence-corrected chi connectivity index (χ1v) is 19.7. The molecule has 0 aliphatic carbocycles. The van der Waals surface area contributed by atoms with E-state index in [2.05, 4.69) is 41.5 Å². The SMILES string of the molecule is CO[Si](OC[C@@H]1C[C@@H](Oc2nc3nc(-c4ccc(-c5ccc(P(=O)(OC)OC)cc5)cc4)c(Cl)cc3n2C)CO1)(C(C)(C)C)C(C)(C)C. The molecular weight excluding hydrogens is 669 g/mol. The molecule has 0 spiro atoms. The fraction of sp³-hybridized carbons (Fsp3) is 0.486. The van der Waals surface area contributed by atoms with Crippen LogP contribution in [0.2, 0.25) is 15.1 Å². The molecule has 10 nitrogen and oxygen atoms in total. The van der Waals surface area contributed by atoms with E-state index in [1.807, 2.05) is 54.1 Å². The molecule has 3 heterocycles. The zero-order valence-corrected chi connectivity index (χ0v) is 32.1. The summed E-state index contributed by atoms with van der Waals surface area (Å²) >= 11 is 6.76. The van der Waals surface area contributed by atoms with E-state index >= 15 is 0 Å². The molecule has 2 aromatic heterocycles. The third-order valence-corrected chi connectivity index (χ3v) is 16.3. The van der Waals surface area contributed by atoms with E-state index in [-0.39, 0.29) is 22.3 Å². The van der Waals surface area contributed by atoms with Crippen LogP contribution in [0, 0.1) is 0 Å². The third-order valence-electron chi connectivity index (χ3n) is 8.99. The molecule has 1 saturated heterocycles. The van der Waals surface area contributed by atoms with Gasteiger partial charge in [0, 0.05) is 50.4 Å². The Hall–Kier alpha value is -2.60. The molecule has 48 heavy (non-hydrogen) atoms. The predicted octanol–water partition coefficient (Wildman–Crippen LogP) is 8.31. The van der Waals surface area contributed by atoms with Gasteiger partial charge in [0.25, 0.3) is 6.01 Å². The van der Waals surface area contributed by atoms with Crippen molar-refractivity contribution in [2.45, 2.75) is 70.2 Å². The van der Waals surface area contributed by atoms with Gasteiger partial charge in [0.05, 0.1) is 40.9 Å². The zero-order valence-electron chi connectivity index (χ0n) is 29.5. The molecule has 1 aliphatic heterocycles. The highest BCUT2D eigenvalue weighted by molar-refractivity contribution is 7.62. The van der Waals surface area contributed by atoms with Gasteiger partial charge in [0.2, 0.25) is 0 Å². The van der Waals surface area contributed by atoms with Gasteiger partial charge in [-0.3, -0.25) is 9.13 Å². The van der Waals surface area contributed by atoms with E-state index in [9.17, 15) is 4.57 Å². The highest BCUT2D eigenvalue weighted by Crippen LogP contribution is 2.52. The fourth-order valence-corrected chi connectivity index (χ4v) is 13.0. The molecule has 2 aromatic carbocycles. The molecule has 0 saturated carbocycles. The number of aromatic nitrogens is 3. The number of fused-ring (bicyclic) bond motifs is 1. The lowest BCUT2D eigenvalue weighted by atomic mass is 10.0. The van der Waals surface area contributed by atoms with Gasteiger partial charge in [-0.25, -0.2) is 4.98 Å². The summed E-state index contributed by atoms with van der Waals surface area (Å²) in [6.07, 6.45) is 0.400. The number of nitrogens with zero attached hydrogens (tertiary/aromatic N) is 3. The number of rotatable bonds is 11. The van der Waals surface area contributed by atoms with Crippen LogP contribution in [0.15, 0.2) is 54.6 Å². The monoisotopic (exact) mass is 715 g/mol. The number of hydrogen-bond donors (Lipinski definition) is 0. The smallest absolute Gasteiger partial charge is 0.360 e. The van der Waals surface area contributed by atoms with Crippen LogP contribution in [0.3, 0.4) is 0 Å². The van der Waals surface area contributed by atoms with E-state index < -0.39 is 16.2 Å². The molecule has 0 bridgehead atoms. The van der Waals surface area contributed by atoms with Gasteiger partial charge in [-0.2, -0.15) is 4.98 Å². The summed E-state index contributed by atoms with van der Waals surface area (Å²) in [4.78, 5) is 9.55. The highest BCUT2D eigenvalue weighted by atomic mass is 35.5. The second-order valence-electron chi connectivity index (χ2n) is 14.2. The minimum Gasteiger partial charge on any atom is -0.459 e. The van der Waals surface area contributed by atoms with Gasteiger partial charge in [-0.1, -0.05) is 89.5 Å². The summed E-state index contributed by atoms with van der Waals surface area (Å²) in [7, 11) is 0.485. The van der Waals surface area contributed by atoms with Crippen molar-refractivity contribution >= 4 is 44.2 Å². The lowest BCUT2D eigenvalue weighted by molar-refractivity contribution is 0.0379. The van der Waals surface area contributed by atoms with Crippen molar-refractivity contribution in [1.29, 1.82) is 0 Å². The summed E-state index contributed by atoms with van der Waals surface area (Å²) < 4.78 is 50.0. The Morgan fingerprint density at radius 2 is 1.48 bits per heavy atom. The standard InChI is InChI=1S/C35H47ClN3O7PSi/c1-34(2,3)48(43-10,35(4,5)6)45-22-26-19-27(21-44-26)46-33-38-32-30(39(33)7)20-29(36)31(37-32)25-13-11-23(12-14-25)24-15-17-28(18-16-24)47(40,41-8)42-9/h11-18,20,26-27H,19,21-22H2,1-10H3/t26-,27+/m0/s1. The van der Waals surface area contributed by atoms with Crippen LogP contribution in [0.4, 0.5) is 0 Å². The van der Waals surface area contributed by atoms with E-state index in [1.54, 1.807) is 19.2 Å². The van der Waals surface area contributed by atoms with Crippen molar-refractivity contribution < 1.29 is 31.9 Å². The van der Waals surface area contributed by atoms with Crippen LogP contribution in [-0.2, 0) is 34.2 Å². The predicted molar refractivity (Wildman–Crippen MR) is 193 cm³/mol. The molecule has 1 fully saturated rings. The molecule has 13 heteroatoms. The van der Waals surface area contributed by atoms with E-state index in [0.717, 1.165) is 22.2 Å². The molecule has 0 radical (unpaired) electrons. The molecule has 0 N–H and O–H groups in total. The molecule has 4 aromatic rings. The first kappa shape index (κ1) is 36.7. The summed E-state index contributed by atoms with van der Waals surface area (Å²) in [5, 5.41) is 0.768. The second-order valence-corrected chi connectivity index (χ2v) is 21.7. The topological polar surface area (TPSA) is 103 Å². The maximum absolute atomic E-state index is 12.7. The number of aryl methyl sites for hydroxylation is 1. The maximum Gasteiger partial charge on any atom is 0.360 e. The Kier molecular flexibility index (Phi) is 10.7. The van der Waals surface area contributed by atoms with Gasteiger partial charge in [-0.15, -0.1) is 0 Å². The van der Waals surface area contributed by atoms with Gasteiger partial charge in [-0.05, 0) is 29.3 Å². The molecule has 0 amide bonds. The minimum atomic E-state index is -3.31. The van der Waals surface area contributed by atoms with E-state index in [1.165, 1.54) is 14.2 Å². The highest BCUT2D eigenvalue weighted by Gasteiger charge is 2.57. The average molecular weight is 716 g/mol. The minimum absolute atomic E-state index is 0.103. The zero-order chi connectivity index (χ0) is 35.1. The summed E-state index contributed by atoms with van der Waals surface area (Å²) in [6.45, 7) is 14.0. The summed E-state index contributed by atoms with van der Waals surface area (Å²) in [5.41, 5.74) is 4.73. The molecular formula is C35H47ClN3O7PSi. The summed E-state index contributed by atoms with van der Waals surface area (Å²) in [5.74, 6) is 0. The number of ether oxygens (including phenoxy) is 2. The number of hydrogen-bond acceptors (Lipinski definition) is 9. The van der Waals surface area contributed by atoms with Gasteiger partial charge in [0.15, 0.2) is 5.65 Å². The quantitative estimate of drug-likeness (QED) is 0.112. The van der Waals surface area contributed by atoms with Crippen LogP contribution in [0.5, 0.6) is 6.01 Å². The average Bonchev–Trinajstić information content (AvgIpc) is 3.62. The Morgan fingerprint density at radius 1 is 0.917 bits per heavy atom. The van der Waals surface area contributed by atoms with E-state index in [0.29, 0.717) is 47.3 Å². The van der Waals surface area contributed by atoms with Gasteiger partial charge < -0.3 is 27.4 Å². The third kappa shape index (κ3) is 7.02. The van der Waals surface area contributed by atoms with Crippen molar-refractivity contribution in [2.24, 2.45) is 7.05 Å². The lowest BCUT2D eigenvalue weighted by Gasteiger charge is -2.48. The molecule has 0 unspecified atom stereocenters. The Labute approximate surface area is 289 Å². The largest absolute Gasteiger partial charge is 0.459 e. The summed E-state index contributed by atoms with van der Waals surface area (Å²) in [6, 6.07) is 17.5. The number of halogens is 1. The van der Waals surface area contributed by atoms with Crippen molar-refractivity contribution in [3.63, 3.8) is 0 Å². The lowest BCUT2D eigenvalue weighted by Crippen LogP contribution is -2.57. The van der Waals surface area contributed by atoms with Crippen LogP contribution in [0.1, 0.15) is 48.0 Å². The van der Waals surface area contributed by atoms with Crippen LogP contribution in [-0.4, -0.2) is 69.8 Å². The molecule has 260 valence electrons. The second kappa shape index (κ2) is 14.0. The maximum atomic E-state index is 12.7.